The number of unbranched alkanes of at least 4 members (excludes halogenated alkanes) is 1. The molecule has 1 aromatic rings. The van der Waals surface area contributed by atoms with Crippen molar-refractivity contribution in [3.8, 4) is 11.5 Å². The summed E-state index contributed by atoms with van der Waals surface area (Å²) in [7, 11) is 3.26. The highest BCUT2D eigenvalue weighted by Crippen LogP contribution is 2.24. The van der Waals surface area contributed by atoms with Gasteiger partial charge in [-0.1, -0.05) is 19.4 Å². The lowest BCUT2D eigenvalue weighted by molar-refractivity contribution is -0.121. The third kappa shape index (κ3) is 5.20. The molecule has 0 aliphatic rings. The van der Waals surface area contributed by atoms with E-state index in [0.717, 1.165) is 36.3 Å². The van der Waals surface area contributed by atoms with Gasteiger partial charge in [-0.15, -0.1) is 0 Å². The quantitative estimate of drug-likeness (QED) is 0.785. The first kappa shape index (κ1) is 15.3. The SMILES string of the molecule is CCCCC(=O)NCCc1ccc(OC)cc1OC. The Bertz CT molecular complexity index is 404. The van der Waals surface area contributed by atoms with Crippen LogP contribution in [0.2, 0.25) is 0 Å². The van der Waals surface area contributed by atoms with Gasteiger partial charge in [0.15, 0.2) is 0 Å². The first-order chi connectivity index (χ1) is 9.21. The van der Waals surface area contributed by atoms with Gasteiger partial charge in [0.05, 0.1) is 14.2 Å². The lowest BCUT2D eigenvalue weighted by atomic mass is 10.1. The molecule has 0 fully saturated rings. The predicted octanol–water partition coefficient (Wildman–Crippen LogP) is 2.55. The van der Waals surface area contributed by atoms with Crippen molar-refractivity contribution in [1.82, 2.24) is 5.32 Å². The largest absolute Gasteiger partial charge is 0.497 e. The van der Waals surface area contributed by atoms with Gasteiger partial charge in [-0.25, -0.2) is 0 Å². The molecule has 0 spiro atoms. The number of methoxy groups -OCH3 is 2. The number of carbonyl (C=O) groups excluding carboxylic acids is 1. The molecule has 0 atom stereocenters. The Kier molecular flexibility index (Phi) is 6.79. The minimum atomic E-state index is 0.120. The van der Waals surface area contributed by atoms with Crippen LogP contribution in [0.15, 0.2) is 18.2 Å². The van der Waals surface area contributed by atoms with Gasteiger partial charge in [0.25, 0.3) is 0 Å². The highest BCUT2D eigenvalue weighted by atomic mass is 16.5. The molecule has 0 radical (unpaired) electrons. The summed E-state index contributed by atoms with van der Waals surface area (Å²) >= 11 is 0. The maximum Gasteiger partial charge on any atom is 0.220 e. The Morgan fingerprint density at radius 3 is 2.68 bits per heavy atom. The number of benzene rings is 1. The van der Waals surface area contributed by atoms with Crippen LogP contribution < -0.4 is 14.8 Å². The Hall–Kier alpha value is -1.71. The number of ether oxygens (including phenoxy) is 2. The van der Waals surface area contributed by atoms with E-state index < -0.39 is 0 Å². The van der Waals surface area contributed by atoms with Crippen molar-refractivity contribution in [3.05, 3.63) is 23.8 Å². The molecule has 0 saturated carbocycles. The fourth-order valence-electron chi connectivity index (χ4n) is 1.82. The van der Waals surface area contributed by atoms with E-state index in [0.29, 0.717) is 13.0 Å². The van der Waals surface area contributed by atoms with Gasteiger partial charge >= 0.3 is 0 Å². The molecule has 0 unspecified atom stereocenters. The number of nitrogens with one attached hydrogen (secondary N) is 1. The standard InChI is InChI=1S/C15H23NO3/c1-4-5-6-15(17)16-10-9-12-7-8-13(18-2)11-14(12)19-3/h7-8,11H,4-6,9-10H2,1-3H3,(H,16,17). The van der Waals surface area contributed by atoms with E-state index in [9.17, 15) is 4.79 Å². The van der Waals surface area contributed by atoms with Gasteiger partial charge in [0, 0.05) is 19.0 Å². The molecule has 0 bridgehead atoms. The molecule has 1 N–H and O–H groups in total. The number of carbonyl (C=O) groups is 1. The van der Waals surface area contributed by atoms with Gasteiger partial charge < -0.3 is 14.8 Å². The summed E-state index contributed by atoms with van der Waals surface area (Å²) < 4.78 is 10.5. The number of amides is 1. The topological polar surface area (TPSA) is 47.6 Å². The van der Waals surface area contributed by atoms with Crippen molar-refractivity contribution in [1.29, 1.82) is 0 Å². The van der Waals surface area contributed by atoms with Gasteiger partial charge in [-0.05, 0) is 24.5 Å². The Balaban J connectivity index is 2.46. The zero-order valence-electron chi connectivity index (χ0n) is 12.0. The number of rotatable bonds is 8. The monoisotopic (exact) mass is 265 g/mol. The number of hydrogen-bond acceptors (Lipinski definition) is 3. The molecule has 1 amide bonds. The van der Waals surface area contributed by atoms with Crippen molar-refractivity contribution in [3.63, 3.8) is 0 Å². The fourth-order valence-corrected chi connectivity index (χ4v) is 1.82. The fraction of sp³-hybridized carbons (Fsp3) is 0.533. The third-order valence-corrected chi connectivity index (χ3v) is 2.97. The minimum absolute atomic E-state index is 0.120. The smallest absolute Gasteiger partial charge is 0.220 e. The molecule has 0 aliphatic carbocycles. The molecule has 0 saturated heterocycles. The summed E-state index contributed by atoms with van der Waals surface area (Å²) in [5, 5.41) is 2.92. The summed E-state index contributed by atoms with van der Waals surface area (Å²) in [6.45, 7) is 2.71. The lowest BCUT2D eigenvalue weighted by Crippen LogP contribution is -2.25. The summed E-state index contributed by atoms with van der Waals surface area (Å²) in [4.78, 5) is 11.5. The van der Waals surface area contributed by atoms with E-state index in [2.05, 4.69) is 12.2 Å². The molecular weight excluding hydrogens is 242 g/mol. The lowest BCUT2D eigenvalue weighted by Gasteiger charge is -2.11. The van der Waals surface area contributed by atoms with Gasteiger partial charge in [0.1, 0.15) is 11.5 Å². The second kappa shape index (κ2) is 8.40. The van der Waals surface area contributed by atoms with Crippen LogP contribution in [0, 0.1) is 0 Å². The van der Waals surface area contributed by atoms with E-state index >= 15 is 0 Å². The van der Waals surface area contributed by atoms with E-state index in [1.807, 2.05) is 18.2 Å². The van der Waals surface area contributed by atoms with Gasteiger partial charge in [-0.2, -0.15) is 0 Å². The zero-order chi connectivity index (χ0) is 14.1. The van der Waals surface area contributed by atoms with Crippen LogP contribution in [0.4, 0.5) is 0 Å². The van der Waals surface area contributed by atoms with Crippen LogP contribution in [-0.4, -0.2) is 26.7 Å². The van der Waals surface area contributed by atoms with Crippen LogP contribution in [0.25, 0.3) is 0 Å². The van der Waals surface area contributed by atoms with Gasteiger partial charge in [-0.3, -0.25) is 4.79 Å². The molecule has 106 valence electrons. The van der Waals surface area contributed by atoms with Crippen molar-refractivity contribution in [2.45, 2.75) is 32.6 Å². The predicted molar refractivity (Wildman–Crippen MR) is 75.8 cm³/mol. The van der Waals surface area contributed by atoms with Crippen LogP contribution >= 0.6 is 0 Å². The molecule has 0 heterocycles. The highest BCUT2D eigenvalue weighted by Gasteiger charge is 2.06. The van der Waals surface area contributed by atoms with E-state index in [-0.39, 0.29) is 5.91 Å². The minimum Gasteiger partial charge on any atom is -0.497 e. The van der Waals surface area contributed by atoms with E-state index in [1.54, 1.807) is 14.2 Å². The van der Waals surface area contributed by atoms with Gasteiger partial charge in [0.2, 0.25) is 5.91 Å². The Morgan fingerprint density at radius 2 is 2.05 bits per heavy atom. The summed E-state index contributed by atoms with van der Waals surface area (Å²) in [5.41, 5.74) is 1.07. The summed E-state index contributed by atoms with van der Waals surface area (Å²) in [6, 6.07) is 5.72. The summed E-state index contributed by atoms with van der Waals surface area (Å²) in [6.07, 6.45) is 3.35. The van der Waals surface area contributed by atoms with E-state index in [4.69, 9.17) is 9.47 Å². The second-order valence-corrected chi connectivity index (χ2v) is 4.38. The van der Waals surface area contributed by atoms with Crippen molar-refractivity contribution in [2.24, 2.45) is 0 Å². The van der Waals surface area contributed by atoms with Crippen LogP contribution in [0.5, 0.6) is 11.5 Å². The van der Waals surface area contributed by atoms with Crippen molar-refractivity contribution in [2.75, 3.05) is 20.8 Å². The average molecular weight is 265 g/mol. The molecule has 0 aromatic heterocycles. The molecular formula is C15H23NO3. The summed E-state index contributed by atoms with van der Waals surface area (Å²) in [5.74, 6) is 1.68. The Morgan fingerprint density at radius 1 is 1.26 bits per heavy atom. The maximum atomic E-state index is 11.5. The number of hydrogen-bond donors (Lipinski definition) is 1. The molecule has 1 rings (SSSR count). The van der Waals surface area contributed by atoms with Crippen LogP contribution in [0.1, 0.15) is 31.7 Å². The maximum absolute atomic E-state index is 11.5. The first-order valence-corrected chi connectivity index (χ1v) is 6.68. The normalized spacial score (nSPS) is 10.1. The molecule has 1 aromatic carbocycles. The highest BCUT2D eigenvalue weighted by molar-refractivity contribution is 5.75. The van der Waals surface area contributed by atoms with Crippen molar-refractivity contribution >= 4 is 5.91 Å². The van der Waals surface area contributed by atoms with Crippen molar-refractivity contribution < 1.29 is 14.3 Å². The van der Waals surface area contributed by atoms with Crippen LogP contribution in [-0.2, 0) is 11.2 Å². The first-order valence-electron chi connectivity index (χ1n) is 6.68. The molecule has 4 nitrogen and oxygen atoms in total. The average Bonchev–Trinajstić information content (AvgIpc) is 2.45. The zero-order valence-corrected chi connectivity index (χ0v) is 12.0. The Labute approximate surface area is 115 Å². The van der Waals surface area contributed by atoms with E-state index in [1.165, 1.54) is 0 Å². The van der Waals surface area contributed by atoms with Crippen LogP contribution in [0.3, 0.4) is 0 Å². The second-order valence-electron chi connectivity index (χ2n) is 4.38. The third-order valence-electron chi connectivity index (χ3n) is 2.97. The molecule has 0 aliphatic heterocycles. The molecule has 19 heavy (non-hydrogen) atoms. The molecule has 4 heteroatoms.